The van der Waals surface area contributed by atoms with Crippen LogP contribution in [0.1, 0.15) is 29.8 Å². The van der Waals surface area contributed by atoms with Crippen molar-refractivity contribution in [2.75, 3.05) is 11.9 Å². The highest BCUT2D eigenvalue weighted by Gasteiger charge is 2.14. The Bertz CT molecular complexity index is 1240. The van der Waals surface area contributed by atoms with Crippen molar-refractivity contribution in [1.82, 2.24) is 19.9 Å². The summed E-state index contributed by atoms with van der Waals surface area (Å²) >= 11 is 0. The van der Waals surface area contributed by atoms with Gasteiger partial charge >= 0.3 is 0 Å². The van der Waals surface area contributed by atoms with Crippen molar-refractivity contribution in [2.24, 2.45) is 5.73 Å². The van der Waals surface area contributed by atoms with Crippen LogP contribution in [-0.4, -0.2) is 32.6 Å². The molecule has 0 fully saturated rings. The zero-order valence-corrected chi connectivity index (χ0v) is 18.0. The Morgan fingerprint density at radius 3 is 2.62 bits per heavy atom. The molecular weight excluding hydrogens is 407 g/mol. The first-order chi connectivity index (χ1) is 15.3. The molecular formula is C24H25FN6O. The van der Waals surface area contributed by atoms with Crippen LogP contribution in [0.5, 0.6) is 0 Å². The highest BCUT2D eigenvalue weighted by atomic mass is 19.1. The van der Waals surface area contributed by atoms with Crippen LogP contribution in [0.15, 0.2) is 66.9 Å². The highest BCUT2D eigenvalue weighted by molar-refractivity contribution is 5.94. The summed E-state index contributed by atoms with van der Waals surface area (Å²) in [5, 5.41) is 10.5. The molecule has 0 saturated carbocycles. The molecule has 2 aromatic carbocycles. The number of fused-ring (bicyclic) bond motifs is 1. The van der Waals surface area contributed by atoms with Crippen LogP contribution in [0.3, 0.4) is 0 Å². The molecule has 2 heterocycles. The molecule has 0 aliphatic heterocycles. The van der Waals surface area contributed by atoms with Gasteiger partial charge in [0, 0.05) is 35.1 Å². The molecule has 32 heavy (non-hydrogen) atoms. The molecule has 0 atom stereocenters. The molecule has 7 nitrogen and oxygen atoms in total. The quantitative estimate of drug-likeness (QED) is 0.409. The van der Waals surface area contributed by atoms with E-state index in [1.165, 1.54) is 0 Å². The van der Waals surface area contributed by atoms with Crippen molar-refractivity contribution >= 4 is 23.2 Å². The van der Waals surface area contributed by atoms with Crippen LogP contribution in [0.4, 0.5) is 16.0 Å². The van der Waals surface area contributed by atoms with Gasteiger partial charge in [-0.25, -0.2) is 8.91 Å². The Hall–Kier alpha value is -3.78. The third kappa shape index (κ3) is 4.92. The van der Waals surface area contributed by atoms with E-state index < -0.39 is 12.2 Å². The lowest BCUT2D eigenvalue weighted by atomic mass is 10.0. The van der Waals surface area contributed by atoms with Gasteiger partial charge in [0.25, 0.3) is 5.91 Å². The third-order valence-electron chi connectivity index (χ3n) is 4.86. The van der Waals surface area contributed by atoms with Gasteiger partial charge in [0.1, 0.15) is 6.67 Å². The van der Waals surface area contributed by atoms with Crippen molar-refractivity contribution in [3.05, 3.63) is 78.0 Å². The monoisotopic (exact) mass is 432 g/mol. The summed E-state index contributed by atoms with van der Waals surface area (Å²) in [5.74, 6) is 0.238. The van der Waals surface area contributed by atoms with E-state index in [1.54, 1.807) is 34.8 Å². The van der Waals surface area contributed by atoms with Gasteiger partial charge in [0.2, 0.25) is 5.95 Å². The number of benzene rings is 2. The van der Waals surface area contributed by atoms with Crippen LogP contribution in [0, 0.1) is 0 Å². The number of rotatable bonds is 7. The molecule has 2 aromatic heterocycles. The number of pyridine rings is 1. The lowest BCUT2D eigenvalue weighted by molar-refractivity contribution is 0.0946. The van der Waals surface area contributed by atoms with E-state index in [2.05, 4.69) is 20.7 Å². The average molecular weight is 433 g/mol. The van der Waals surface area contributed by atoms with Crippen LogP contribution in [-0.2, 0) is 6.67 Å². The first-order valence-electron chi connectivity index (χ1n) is 10.3. The van der Waals surface area contributed by atoms with Crippen molar-refractivity contribution in [3.8, 4) is 11.1 Å². The summed E-state index contributed by atoms with van der Waals surface area (Å²) in [6, 6.07) is 18.2. The van der Waals surface area contributed by atoms with Crippen LogP contribution >= 0.6 is 0 Å². The molecule has 4 aromatic rings. The summed E-state index contributed by atoms with van der Waals surface area (Å²) in [6.07, 6.45) is 1.81. The topological polar surface area (TPSA) is 97.3 Å². The fourth-order valence-corrected chi connectivity index (χ4v) is 3.25. The summed E-state index contributed by atoms with van der Waals surface area (Å²) in [4.78, 5) is 16.9. The van der Waals surface area contributed by atoms with Gasteiger partial charge in [-0.05, 0) is 67.4 Å². The molecule has 0 saturated heterocycles. The van der Waals surface area contributed by atoms with Crippen molar-refractivity contribution in [2.45, 2.75) is 26.1 Å². The number of hydrogen-bond donors (Lipinski definition) is 3. The van der Waals surface area contributed by atoms with E-state index in [-0.39, 0.29) is 5.91 Å². The Morgan fingerprint density at radius 2 is 1.91 bits per heavy atom. The Kier molecular flexibility index (Phi) is 5.87. The number of carbonyl (C=O) groups excluding carboxylic acids is 1. The fourth-order valence-electron chi connectivity index (χ4n) is 3.25. The molecule has 0 aliphatic carbocycles. The highest BCUT2D eigenvalue weighted by Crippen LogP contribution is 2.26. The maximum Gasteiger partial charge on any atom is 0.251 e. The van der Waals surface area contributed by atoms with Gasteiger partial charge < -0.3 is 16.4 Å². The van der Waals surface area contributed by atoms with Gasteiger partial charge in [-0.3, -0.25) is 4.79 Å². The fraction of sp³-hybridized carbons (Fsp3) is 0.208. The van der Waals surface area contributed by atoms with Crippen LogP contribution in [0.25, 0.3) is 16.8 Å². The molecule has 0 aliphatic rings. The maximum absolute atomic E-state index is 13.1. The molecule has 0 spiro atoms. The van der Waals surface area contributed by atoms with E-state index >= 15 is 0 Å². The zero-order valence-electron chi connectivity index (χ0n) is 18.0. The largest absolute Gasteiger partial charge is 0.350 e. The summed E-state index contributed by atoms with van der Waals surface area (Å²) in [6.45, 7) is 3.57. The predicted molar refractivity (Wildman–Crippen MR) is 124 cm³/mol. The minimum absolute atomic E-state index is 0.180. The summed E-state index contributed by atoms with van der Waals surface area (Å²) in [7, 11) is 0. The maximum atomic E-state index is 13.1. The van der Waals surface area contributed by atoms with Gasteiger partial charge in [-0.1, -0.05) is 18.2 Å². The molecule has 0 bridgehead atoms. The summed E-state index contributed by atoms with van der Waals surface area (Å²) < 4.78 is 14.8. The minimum Gasteiger partial charge on any atom is -0.350 e. The number of alkyl halides is 1. The number of anilines is 2. The number of amides is 1. The normalized spacial score (nSPS) is 11.5. The van der Waals surface area contributed by atoms with Gasteiger partial charge in [0.15, 0.2) is 5.65 Å². The lowest BCUT2D eigenvalue weighted by Gasteiger charge is -2.18. The zero-order chi connectivity index (χ0) is 22.7. The number of nitrogens with two attached hydrogens (primary N) is 1. The second-order valence-corrected chi connectivity index (χ2v) is 8.33. The van der Waals surface area contributed by atoms with Gasteiger partial charge in [-0.2, -0.15) is 4.98 Å². The SMILES string of the molecule is CC(C)(N)CNC(=O)c1ccc(Nc2nc3c(-c4cccc(CF)c4)cccn3n2)cc1. The molecule has 4 rings (SSSR count). The minimum atomic E-state index is -0.519. The first kappa shape index (κ1) is 21.5. The number of hydrogen-bond acceptors (Lipinski definition) is 5. The number of nitrogens with one attached hydrogen (secondary N) is 2. The van der Waals surface area contributed by atoms with E-state index in [1.807, 2.05) is 50.4 Å². The molecule has 4 N–H and O–H groups in total. The number of carbonyl (C=O) groups is 1. The predicted octanol–water partition coefficient (Wildman–Crippen LogP) is 4.08. The Morgan fingerprint density at radius 1 is 1.12 bits per heavy atom. The number of halogens is 1. The van der Waals surface area contributed by atoms with Crippen molar-refractivity contribution < 1.29 is 9.18 Å². The Labute approximate surface area is 185 Å². The van der Waals surface area contributed by atoms with Crippen LogP contribution < -0.4 is 16.4 Å². The summed E-state index contributed by atoms with van der Waals surface area (Å²) in [5.41, 5.74) is 9.73. The molecule has 1 amide bonds. The van der Waals surface area contributed by atoms with Gasteiger partial charge in [0.05, 0.1) is 0 Å². The number of nitrogens with zero attached hydrogens (tertiary/aromatic N) is 3. The van der Waals surface area contributed by atoms with E-state index in [4.69, 9.17) is 5.73 Å². The van der Waals surface area contributed by atoms with Gasteiger partial charge in [-0.15, -0.1) is 5.10 Å². The standard InChI is InChI=1S/C24H25FN6O/c1-24(2,26)15-27-22(32)17-8-10-19(11-9-17)28-23-29-21-20(7-4-12-31(21)30-23)18-6-3-5-16(13-18)14-25/h3-13H,14-15,26H2,1-2H3,(H,27,32)(H,28,30). The Balaban J connectivity index is 1.53. The number of aromatic nitrogens is 3. The lowest BCUT2D eigenvalue weighted by Crippen LogP contribution is -2.45. The average Bonchev–Trinajstić information content (AvgIpc) is 3.20. The van der Waals surface area contributed by atoms with Crippen molar-refractivity contribution in [3.63, 3.8) is 0 Å². The van der Waals surface area contributed by atoms with E-state index in [0.717, 1.165) is 16.8 Å². The van der Waals surface area contributed by atoms with E-state index in [0.29, 0.717) is 29.3 Å². The third-order valence-corrected chi connectivity index (χ3v) is 4.86. The molecule has 164 valence electrons. The smallest absolute Gasteiger partial charge is 0.251 e. The second-order valence-electron chi connectivity index (χ2n) is 8.33. The van der Waals surface area contributed by atoms with E-state index in [9.17, 15) is 9.18 Å². The molecule has 0 radical (unpaired) electrons. The van der Waals surface area contributed by atoms with Crippen molar-refractivity contribution in [1.29, 1.82) is 0 Å². The van der Waals surface area contributed by atoms with Crippen LogP contribution in [0.2, 0.25) is 0 Å². The molecule has 0 unspecified atom stereocenters. The second kappa shape index (κ2) is 8.76. The first-order valence-corrected chi connectivity index (χ1v) is 10.3. The molecule has 8 heteroatoms.